The highest BCUT2D eigenvalue weighted by Gasteiger charge is 2.36. The average molecular weight is 200 g/mol. The Balaban J connectivity index is 2.68. The van der Waals surface area contributed by atoms with E-state index in [0.717, 1.165) is 0 Å². The molecule has 0 aromatic carbocycles. The van der Waals surface area contributed by atoms with E-state index in [1.165, 1.54) is 0 Å². The molecule has 0 aromatic rings. The highest BCUT2D eigenvalue weighted by atomic mass is 16.6. The maximum Gasteiger partial charge on any atom is 0.530 e. The lowest BCUT2D eigenvalue weighted by Gasteiger charge is -2.16. The fraction of sp³-hybridized carbons (Fsp3) is 0.750. The van der Waals surface area contributed by atoms with Crippen molar-refractivity contribution >= 4 is 19.1 Å². The number of aliphatic carboxylic acids is 1. The van der Waals surface area contributed by atoms with Gasteiger partial charge in [-0.3, -0.25) is 4.79 Å². The average Bonchev–Trinajstić information content (AvgIpc) is 2.26. The van der Waals surface area contributed by atoms with Crippen LogP contribution >= 0.6 is 0 Å². The summed E-state index contributed by atoms with van der Waals surface area (Å²) < 4.78 is 10.1. The summed E-state index contributed by atoms with van der Waals surface area (Å²) in [6, 6.07) is 0. The fourth-order valence-electron chi connectivity index (χ4n) is 1.17. The Labute approximate surface area is 82.5 Å². The molecule has 1 atom stereocenters. The lowest BCUT2D eigenvalue weighted by atomic mass is 9.74. The first kappa shape index (κ1) is 11.0. The Hall–Kier alpha value is -1.04. The normalized spacial score (nSPS) is 23.2. The molecule has 0 bridgehead atoms. The number of carbonyl (C=O) groups is 2. The number of hydrogen-bond acceptors (Lipinski definition) is 4. The molecule has 78 valence electrons. The first-order valence-corrected chi connectivity index (χ1v) is 4.58. The zero-order valence-corrected chi connectivity index (χ0v) is 8.23. The molecule has 14 heavy (non-hydrogen) atoms. The summed E-state index contributed by atoms with van der Waals surface area (Å²) in [7, 11) is -0.744. The van der Waals surface area contributed by atoms with Gasteiger partial charge >= 0.3 is 13.1 Å². The minimum absolute atomic E-state index is 0.0427. The molecule has 5 nitrogen and oxygen atoms in total. The molecule has 1 saturated heterocycles. The number of hydrogen-bond donors (Lipinski definition) is 1. The second-order valence-electron chi connectivity index (χ2n) is 3.60. The maximum atomic E-state index is 11.1. The summed E-state index contributed by atoms with van der Waals surface area (Å²) in [4.78, 5) is 21.8. The van der Waals surface area contributed by atoms with E-state index in [2.05, 4.69) is 0 Å². The largest absolute Gasteiger partial charge is 0.530 e. The summed E-state index contributed by atoms with van der Waals surface area (Å²) >= 11 is 0. The summed E-state index contributed by atoms with van der Waals surface area (Å²) in [6.07, 6.45) is -0.661. The van der Waals surface area contributed by atoms with Crippen LogP contribution in [0.2, 0.25) is 5.82 Å². The Bertz CT molecular complexity index is 240. The molecule has 1 aliphatic heterocycles. The van der Waals surface area contributed by atoms with Crippen molar-refractivity contribution in [2.75, 3.05) is 0 Å². The predicted molar refractivity (Wildman–Crippen MR) is 48.7 cm³/mol. The lowest BCUT2D eigenvalue weighted by molar-refractivity contribution is -0.145. The molecule has 0 amide bonds. The Morgan fingerprint density at radius 2 is 2.29 bits per heavy atom. The molecule has 1 fully saturated rings. The van der Waals surface area contributed by atoms with E-state index in [0.29, 0.717) is 0 Å². The van der Waals surface area contributed by atoms with E-state index >= 15 is 0 Å². The summed E-state index contributed by atoms with van der Waals surface area (Å²) in [5.41, 5.74) is 0. The molecule has 6 heteroatoms. The minimum atomic E-state index is -1.05. The van der Waals surface area contributed by atoms with Crippen LogP contribution in [0.1, 0.15) is 26.7 Å². The van der Waals surface area contributed by atoms with Crippen molar-refractivity contribution < 1.29 is 24.0 Å². The first-order chi connectivity index (χ1) is 6.50. The Morgan fingerprint density at radius 3 is 2.79 bits per heavy atom. The number of carboxylic acids is 1. The van der Waals surface area contributed by atoms with Crippen molar-refractivity contribution in [3.8, 4) is 0 Å². The minimum Gasteiger partial charge on any atom is -0.509 e. The van der Waals surface area contributed by atoms with E-state index in [-0.39, 0.29) is 18.7 Å². The van der Waals surface area contributed by atoms with Crippen LogP contribution in [0, 0.1) is 0 Å². The van der Waals surface area contributed by atoms with Gasteiger partial charge in [-0.2, -0.15) is 0 Å². The maximum absolute atomic E-state index is 11.1. The van der Waals surface area contributed by atoms with Gasteiger partial charge in [0.2, 0.25) is 0 Å². The van der Waals surface area contributed by atoms with E-state index in [1.54, 1.807) is 0 Å². The topological polar surface area (TPSA) is 72.8 Å². The monoisotopic (exact) mass is 200 g/mol. The molecule has 1 aliphatic rings. The van der Waals surface area contributed by atoms with Crippen molar-refractivity contribution in [3.05, 3.63) is 0 Å². The first-order valence-electron chi connectivity index (χ1n) is 4.58. The van der Waals surface area contributed by atoms with E-state index in [9.17, 15) is 9.59 Å². The van der Waals surface area contributed by atoms with Crippen LogP contribution in [0.25, 0.3) is 0 Å². The standard InChI is InChI=1S/C8H13BO5/c1-5(2)9-13-6(8(11)12)3-4-7(10)14-9/h5-6H,3-4H2,1-2H3,(H,11,12). The van der Waals surface area contributed by atoms with E-state index in [4.69, 9.17) is 14.4 Å². The third-order valence-electron chi connectivity index (χ3n) is 1.98. The van der Waals surface area contributed by atoms with Gasteiger partial charge in [0.1, 0.15) is 6.10 Å². The van der Waals surface area contributed by atoms with Crippen LogP contribution in [-0.4, -0.2) is 30.3 Å². The highest BCUT2D eigenvalue weighted by Crippen LogP contribution is 2.19. The Morgan fingerprint density at radius 1 is 1.64 bits per heavy atom. The SMILES string of the molecule is CC(C)B1OC(=O)CCC(C(=O)O)O1. The van der Waals surface area contributed by atoms with Crippen LogP contribution in [0.15, 0.2) is 0 Å². The number of carbonyl (C=O) groups excluding carboxylic acids is 1. The van der Waals surface area contributed by atoms with Gasteiger partial charge in [-0.05, 0) is 6.42 Å². The molecule has 0 saturated carbocycles. The zero-order chi connectivity index (χ0) is 10.7. The number of carboxylic acid groups (broad SMARTS) is 1. The molecule has 1 heterocycles. The van der Waals surface area contributed by atoms with Crippen molar-refractivity contribution in [2.24, 2.45) is 0 Å². The van der Waals surface area contributed by atoms with E-state index in [1.807, 2.05) is 13.8 Å². The van der Waals surface area contributed by atoms with Gasteiger partial charge in [-0.25, -0.2) is 4.79 Å². The smallest absolute Gasteiger partial charge is 0.509 e. The van der Waals surface area contributed by atoms with Crippen molar-refractivity contribution in [1.82, 2.24) is 0 Å². The molecule has 1 rings (SSSR count). The third-order valence-corrected chi connectivity index (χ3v) is 1.98. The van der Waals surface area contributed by atoms with Gasteiger partial charge in [0.05, 0.1) is 0 Å². The molecule has 0 aliphatic carbocycles. The van der Waals surface area contributed by atoms with Crippen molar-refractivity contribution in [1.29, 1.82) is 0 Å². The second kappa shape index (κ2) is 4.46. The predicted octanol–water partition coefficient (Wildman–Crippen LogP) is 0.691. The van der Waals surface area contributed by atoms with Gasteiger partial charge in [0, 0.05) is 12.2 Å². The van der Waals surface area contributed by atoms with Crippen LogP contribution in [-0.2, 0) is 18.9 Å². The summed E-state index contributed by atoms with van der Waals surface area (Å²) in [5.74, 6) is -1.49. The molecule has 0 radical (unpaired) electrons. The van der Waals surface area contributed by atoms with Crippen LogP contribution in [0.3, 0.4) is 0 Å². The van der Waals surface area contributed by atoms with Gasteiger partial charge in [-0.15, -0.1) is 0 Å². The van der Waals surface area contributed by atoms with Crippen molar-refractivity contribution in [2.45, 2.75) is 38.6 Å². The van der Waals surface area contributed by atoms with Crippen LogP contribution in [0.5, 0.6) is 0 Å². The number of rotatable bonds is 2. The van der Waals surface area contributed by atoms with Crippen LogP contribution in [0.4, 0.5) is 0 Å². The molecular weight excluding hydrogens is 187 g/mol. The molecular formula is C8H13BO5. The van der Waals surface area contributed by atoms with Crippen molar-refractivity contribution in [3.63, 3.8) is 0 Å². The third kappa shape index (κ3) is 2.73. The molecule has 1 N–H and O–H groups in total. The summed E-state index contributed by atoms with van der Waals surface area (Å²) in [6.45, 7) is 3.62. The lowest BCUT2D eigenvalue weighted by Crippen LogP contribution is -2.33. The Kier molecular flexibility index (Phi) is 3.52. The molecule has 1 unspecified atom stereocenters. The van der Waals surface area contributed by atoms with Crippen LogP contribution < -0.4 is 0 Å². The molecule has 0 spiro atoms. The zero-order valence-electron chi connectivity index (χ0n) is 8.23. The van der Waals surface area contributed by atoms with Gasteiger partial charge in [-0.1, -0.05) is 13.8 Å². The highest BCUT2D eigenvalue weighted by molar-refractivity contribution is 6.48. The van der Waals surface area contributed by atoms with Gasteiger partial charge in [0.15, 0.2) is 0 Å². The van der Waals surface area contributed by atoms with Gasteiger partial charge in [0.25, 0.3) is 5.97 Å². The summed E-state index contributed by atoms with van der Waals surface area (Å²) in [5, 5.41) is 8.76. The molecule has 0 aromatic heterocycles. The fourth-order valence-corrected chi connectivity index (χ4v) is 1.17. The second-order valence-corrected chi connectivity index (χ2v) is 3.60. The van der Waals surface area contributed by atoms with E-state index < -0.39 is 25.2 Å². The van der Waals surface area contributed by atoms with Gasteiger partial charge < -0.3 is 14.4 Å². The quantitative estimate of drug-likeness (QED) is 0.663.